The van der Waals surface area contributed by atoms with Crippen LogP contribution in [-0.2, 0) is 14.8 Å². The summed E-state index contributed by atoms with van der Waals surface area (Å²) < 4.78 is 25.0. The minimum Gasteiger partial charge on any atom is -0.339 e. The van der Waals surface area contributed by atoms with Gasteiger partial charge in [-0.2, -0.15) is 0 Å². The molecule has 0 aliphatic carbocycles. The number of halogens is 1. The minimum atomic E-state index is -3.19. The van der Waals surface area contributed by atoms with E-state index in [9.17, 15) is 13.2 Å². The van der Waals surface area contributed by atoms with E-state index in [1.165, 1.54) is 6.08 Å². The van der Waals surface area contributed by atoms with Crippen LogP contribution in [0, 0.1) is 0 Å². The number of hydrogen-bond donors (Lipinski definition) is 1. The molecule has 1 aliphatic rings. The van der Waals surface area contributed by atoms with E-state index in [2.05, 4.69) is 4.72 Å². The molecule has 0 bridgehead atoms. The van der Waals surface area contributed by atoms with E-state index in [0.717, 1.165) is 11.8 Å². The molecule has 1 amide bonds. The first-order valence-electron chi connectivity index (χ1n) is 7.04. The van der Waals surface area contributed by atoms with Crippen LogP contribution < -0.4 is 4.72 Å². The first-order chi connectivity index (χ1) is 10.3. The van der Waals surface area contributed by atoms with Gasteiger partial charge in [-0.05, 0) is 30.5 Å². The molecule has 2 rings (SSSR count). The Labute approximate surface area is 136 Å². The Morgan fingerprint density at radius 2 is 1.95 bits per heavy atom. The maximum absolute atomic E-state index is 12.1. The van der Waals surface area contributed by atoms with Crippen molar-refractivity contribution in [2.75, 3.05) is 19.3 Å². The lowest BCUT2D eigenvalue weighted by Crippen LogP contribution is -2.45. The number of likely N-dealkylation sites (tertiary alicyclic amines) is 1. The van der Waals surface area contributed by atoms with Crippen LogP contribution in [0.15, 0.2) is 30.3 Å². The summed E-state index contributed by atoms with van der Waals surface area (Å²) in [4.78, 5) is 13.8. The molecule has 1 heterocycles. The first-order valence-corrected chi connectivity index (χ1v) is 9.31. The highest BCUT2D eigenvalue weighted by Crippen LogP contribution is 2.17. The van der Waals surface area contributed by atoms with Crippen LogP contribution in [0.5, 0.6) is 0 Å². The van der Waals surface area contributed by atoms with Gasteiger partial charge in [-0.25, -0.2) is 13.1 Å². The Kier molecular flexibility index (Phi) is 5.61. The Morgan fingerprint density at radius 1 is 1.32 bits per heavy atom. The van der Waals surface area contributed by atoms with E-state index in [4.69, 9.17) is 11.6 Å². The summed E-state index contributed by atoms with van der Waals surface area (Å²) in [7, 11) is -3.19. The van der Waals surface area contributed by atoms with E-state index < -0.39 is 10.0 Å². The Hall–Kier alpha value is -1.37. The summed E-state index contributed by atoms with van der Waals surface area (Å²) in [5, 5.41) is 0.600. The maximum atomic E-state index is 12.1. The predicted octanol–water partition coefficient (Wildman–Crippen LogP) is 1.89. The number of benzene rings is 1. The van der Waals surface area contributed by atoms with Gasteiger partial charge in [-0.1, -0.05) is 29.8 Å². The van der Waals surface area contributed by atoms with Crippen LogP contribution in [0.4, 0.5) is 0 Å². The average Bonchev–Trinajstić information content (AvgIpc) is 2.45. The molecule has 1 aromatic carbocycles. The summed E-state index contributed by atoms with van der Waals surface area (Å²) in [6.45, 7) is 1.08. The zero-order chi connectivity index (χ0) is 16.2. The molecule has 0 spiro atoms. The molecule has 120 valence electrons. The number of carbonyl (C=O) groups excluding carboxylic acids is 1. The molecule has 7 heteroatoms. The highest BCUT2D eigenvalue weighted by molar-refractivity contribution is 7.88. The van der Waals surface area contributed by atoms with Crippen LogP contribution in [0.2, 0.25) is 5.02 Å². The second kappa shape index (κ2) is 7.26. The van der Waals surface area contributed by atoms with Gasteiger partial charge in [0.25, 0.3) is 0 Å². The summed E-state index contributed by atoms with van der Waals surface area (Å²) in [6.07, 6.45) is 5.60. The van der Waals surface area contributed by atoms with E-state index in [-0.39, 0.29) is 11.9 Å². The number of carbonyl (C=O) groups is 1. The van der Waals surface area contributed by atoms with Gasteiger partial charge in [0, 0.05) is 30.2 Å². The number of sulfonamides is 1. The van der Waals surface area contributed by atoms with Crippen molar-refractivity contribution >= 4 is 33.6 Å². The SMILES string of the molecule is CS(=O)(=O)NC1CCN(C(=O)C=Cc2ccccc2Cl)CC1. The number of nitrogens with zero attached hydrogens (tertiary/aromatic N) is 1. The molecule has 22 heavy (non-hydrogen) atoms. The second-order valence-corrected chi connectivity index (χ2v) is 7.53. The third-order valence-electron chi connectivity index (χ3n) is 3.50. The third kappa shape index (κ3) is 5.12. The van der Waals surface area contributed by atoms with E-state index in [0.29, 0.717) is 31.0 Å². The van der Waals surface area contributed by atoms with Crippen molar-refractivity contribution in [2.24, 2.45) is 0 Å². The van der Waals surface area contributed by atoms with E-state index >= 15 is 0 Å². The highest BCUT2D eigenvalue weighted by Gasteiger charge is 2.23. The van der Waals surface area contributed by atoms with Crippen molar-refractivity contribution in [1.29, 1.82) is 0 Å². The van der Waals surface area contributed by atoms with E-state index in [1.807, 2.05) is 18.2 Å². The van der Waals surface area contributed by atoms with Crippen LogP contribution in [0.25, 0.3) is 6.08 Å². The number of nitrogens with one attached hydrogen (secondary N) is 1. The van der Waals surface area contributed by atoms with Crippen molar-refractivity contribution in [3.8, 4) is 0 Å². The van der Waals surface area contributed by atoms with Crippen molar-refractivity contribution in [3.05, 3.63) is 40.9 Å². The molecular formula is C15H19ClN2O3S. The Bertz CT molecular complexity index is 665. The van der Waals surface area contributed by atoms with Gasteiger partial charge in [0.05, 0.1) is 6.26 Å². The van der Waals surface area contributed by atoms with Crippen molar-refractivity contribution in [1.82, 2.24) is 9.62 Å². The fourth-order valence-corrected chi connectivity index (χ4v) is 3.44. The van der Waals surface area contributed by atoms with Crippen molar-refractivity contribution in [2.45, 2.75) is 18.9 Å². The third-order valence-corrected chi connectivity index (χ3v) is 4.60. The molecule has 1 aromatic rings. The largest absolute Gasteiger partial charge is 0.339 e. The Morgan fingerprint density at radius 3 is 2.55 bits per heavy atom. The quantitative estimate of drug-likeness (QED) is 0.850. The zero-order valence-corrected chi connectivity index (χ0v) is 13.9. The van der Waals surface area contributed by atoms with Crippen LogP contribution in [0.1, 0.15) is 18.4 Å². The van der Waals surface area contributed by atoms with Gasteiger partial charge >= 0.3 is 0 Å². The number of hydrogen-bond acceptors (Lipinski definition) is 3. The normalized spacial score (nSPS) is 17.1. The summed E-state index contributed by atoms with van der Waals surface area (Å²) in [5.41, 5.74) is 0.797. The van der Waals surface area contributed by atoms with Gasteiger partial charge in [-0.3, -0.25) is 4.79 Å². The molecule has 1 saturated heterocycles. The van der Waals surface area contributed by atoms with Crippen LogP contribution in [-0.4, -0.2) is 44.6 Å². The molecule has 0 unspecified atom stereocenters. The van der Waals surface area contributed by atoms with Gasteiger partial charge in [0.2, 0.25) is 15.9 Å². The van der Waals surface area contributed by atoms with Crippen LogP contribution >= 0.6 is 11.6 Å². The van der Waals surface area contributed by atoms with Gasteiger partial charge in [0.15, 0.2) is 0 Å². The van der Waals surface area contributed by atoms with Crippen molar-refractivity contribution in [3.63, 3.8) is 0 Å². The average molecular weight is 343 g/mol. The molecule has 1 fully saturated rings. The van der Waals surface area contributed by atoms with Crippen LogP contribution in [0.3, 0.4) is 0 Å². The lowest BCUT2D eigenvalue weighted by molar-refractivity contribution is -0.126. The first kappa shape index (κ1) is 17.0. The molecule has 0 saturated carbocycles. The maximum Gasteiger partial charge on any atom is 0.246 e. The lowest BCUT2D eigenvalue weighted by atomic mass is 10.1. The second-order valence-electron chi connectivity index (χ2n) is 5.34. The lowest BCUT2D eigenvalue weighted by Gasteiger charge is -2.31. The molecule has 0 aromatic heterocycles. The standard InChI is InChI=1S/C15H19ClN2O3S/c1-22(20,21)17-13-8-10-18(11-9-13)15(19)7-6-12-4-2-3-5-14(12)16/h2-7,13,17H,8-11H2,1H3. The summed E-state index contributed by atoms with van der Waals surface area (Å²) in [6, 6.07) is 7.22. The molecule has 0 atom stereocenters. The van der Waals surface area contributed by atoms with Crippen molar-refractivity contribution < 1.29 is 13.2 Å². The fourth-order valence-electron chi connectivity index (χ4n) is 2.40. The number of piperidine rings is 1. The number of amides is 1. The van der Waals surface area contributed by atoms with Gasteiger partial charge < -0.3 is 4.90 Å². The van der Waals surface area contributed by atoms with Gasteiger partial charge in [-0.15, -0.1) is 0 Å². The summed E-state index contributed by atoms with van der Waals surface area (Å²) in [5.74, 6) is -0.0854. The van der Waals surface area contributed by atoms with E-state index in [1.54, 1.807) is 17.0 Å². The number of rotatable bonds is 4. The van der Waals surface area contributed by atoms with Gasteiger partial charge in [0.1, 0.15) is 0 Å². The molecular weight excluding hydrogens is 324 g/mol. The Balaban J connectivity index is 1.89. The fraction of sp³-hybridized carbons (Fsp3) is 0.400. The molecule has 5 nitrogen and oxygen atoms in total. The molecule has 0 radical (unpaired) electrons. The molecule has 1 aliphatic heterocycles. The monoisotopic (exact) mass is 342 g/mol. The predicted molar refractivity (Wildman–Crippen MR) is 88.1 cm³/mol. The summed E-state index contributed by atoms with van der Waals surface area (Å²) >= 11 is 6.03. The highest BCUT2D eigenvalue weighted by atomic mass is 35.5. The topological polar surface area (TPSA) is 66.5 Å². The smallest absolute Gasteiger partial charge is 0.246 e. The minimum absolute atomic E-state index is 0.0854. The zero-order valence-electron chi connectivity index (χ0n) is 12.3. The molecule has 1 N–H and O–H groups in total.